The molecule has 0 aliphatic heterocycles. The number of aryl methyl sites for hydroxylation is 2. The summed E-state index contributed by atoms with van der Waals surface area (Å²) in [6.45, 7) is 6.48. The van der Waals surface area contributed by atoms with E-state index in [1.54, 1.807) is 13.0 Å². The molecule has 1 aromatic heterocycles. The van der Waals surface area contributed by atoms with Gasteiger partial charge in [0.05, 0.1) is 11.4 Å². The summed E-state index contributed by atoms with van der Waals surface area (Å²) in [5, 5.41) is 12.3. The number of carboxylic acids is 1. The van der Waals surface area contributed by atoms with Crippen molar-refractivity contribution >= 4 is 11.7 Å². The van der Waals surface area contributed by atoms with Gasteiger partial charge in [-0.2, -0.15) is 0 Å². The molecule has 0 bridgehead atoms. The molecule has 0 atom stereocenters. The molecule has 4 heteroatoms. The van der Waals surface area contributed by atoms with Crippen LogP contribution >= 0.6 is 0 Å². The van der Waals surface area contributed by atoms with Crippen LogP contribution in [0.3, 0.4) is 0 Å². The topological polar surface area (TPSA) is 62.2 Å². The second-order valence-corrected chi connectivity index (χ2v) is 3.86. The van der Waals surface area contributed by atoms with Crippen LogP contribution in [0, 0.1) is 13.8 Å². The van der Waals surface area contributed by atoms with Gasteiger partial charge in [0.2, 0.25) is 0 Å². The van der Waals surface area contributed by atoms with Crippen LogP contribution in [0.5, 0.6) is 0 Å². The number of aromatic carboxylic acids is 1. The summed E-state index contributed by atoms with van der Waals surface area (Å²) in [6.07, 6.45) is 2.11. The van der Waals surface area contributed by atoms with Gasteiger partial charge < -0.3 is 10.4 Å². The van der Waals surface area contributed by atoms with E-state index in [4.69, 9.17) is 5.11 Å². The van der Waals surface area contributed by atoms with E-state index < -0.39 is 5.97 Å². The van der Waals surface area contributed by atoms with E-state index in [0.29, 0.717) is 11.4 Å². The Morgan fingerprint density at radius 1 is 1.50 bits per heavy atom. The second-order valence-electron chi connectivity index (χ2n) is 3.86. The lowest BCUT2D eigenvalue weighted by Gasteiger charge is -2.11. The van der Waals surface area contributed by atoms with Crippen molar-refractivity contribution in [3.63, 3.8) is 0 Å². The highest BCUT2D eigenvalue weighted by atomic mass is 16.4. The average molecular weight is 222 g/mol. The Bertz CT molecular complexity index is 389. The molecule has 0 aromatic carbocycles. The maximum Gasteiger partial charge on any atom is 0.339 e. The van der Waals surface area contributed by atoms with Crippen LogP contribution in [-0.2, 0) is 0 Å². The van der Waals surface area contributed by atoms with Crippen LogP contribution in [-0.4, -0.2) is 22.6 Å². The van der Waals surface area contributed by atoms with E-state index >= 15 is 0 Å². The first kappa shape index (κ1) is 12.5. The van der Waals surface area contributed by atoms with E-state index in [9.17, 15) is 4.79 Å². The Hall–Kier alpha value is -1.58. The number of nitrogens with zero attached hydrogens (tertiary/aromatic N) is 1. The maximum absolute atomic E-state index is 11.1. The van der Waals surface area contributed by atoms with Gasteiger partial charge in [-0.25, -0.2) is 4.79 Å². The van der Waals surface area contributed by atoms with Crippen LogP contribution in [0.15, 0.2) is 6.07 Å². The minimum absolute atomic E-state index is 0.279. The minimum atomic E-state index is -0.927. The molecule has 88 valence electrons. The van der Waals surface area contributed by atoms with Crippen molar-refractivity contribution in [1.82, 2.24) is 4.98 Å². The number of hydrogen-bond acceptors (Lipinski definition) is 3. The zero-order valence-electron chi connectivity index (χ0n) is 10.0. The van der Waals surface area contributed by atoms with E-state index in [-0.39, 0.29) is 5.56 Å². The van der Waals surface area contributed by atoms with Gasteiger partial charge in [-0.05, 0) is 26.3 Å². The average Bonchev–Trinajstić information content (AvgIpc) is 2.16. The molecule has 0 amide bonds. The van der Waals surface area contributed by atoms with Crippen LogP contribution in [0.4, 0.5) is 5.69 Å². The predicted molar refractivity (Wildman–Crippen MR) is 64.1 cm³/mol. The summed E-state index contributed by atoms with van der Waals surface area (Å²) < 4.78 is 0. The zero-order chi connectivity index (χ0) is 12.1. The lowest BCUT2D eigenvalue weighted by Crippen LogP contribution is -2.11. The van der Waals surface area contributed by atoms with E-state index in [1.807, 2.05) is 6.92 Å². The molecule has 4 nitrogen and oxygen atoms in total. The van der Waals surface area contributed by atoms with Crippen LogP contribution < -0.4 is 5.32 Å². The molecule has 2 N–H and O–H groups in total. The molecule has 1 aromatic rings. The summed E-state index contributed by atoms with van der Waals surface area (Å²) in [4.78, 5) is 15.3. The molecule has 0 aliphatic carbocycles. The number of anilines is 1. The van der Waals surface area contributed by atoms with Crippen molar-refractivity contribution in [2.24, 2.45) is 0 Å². The Morgan fingerprint density at radius 2 is 2.19 bits per heavy atom. The number of carboxylic acid groups (broad SMARTS) is 1. The molecule has 0 saturated carbocycles. The molecule has 1 heterocycles. The number of aromatic nitrogens is 1. The Morgan fingerprint density at radius 3 is 2.75 bits per heavy atom. The second kappa shape index (κ2) is 5.49. The van der Waals surface area contributed by atoms with Crippen molar-refractivity contribution in [2.45, 2.75) is 33.6 Å². The van der Waals surface area contributed by atoms with Crippen molar-refractivity contribution in [3.8, 4) is 0 Å². The normalized spacial score (nSPS) is 10.2. The highest BCUT2D eigenvalue weighted by Gasteiger charge is 2.14. The van der Waals surface area contributed by atoms with Gasteiger partial charge in [0.15, 0.2) is 0 Å². The molecule has 0 radical (unpaired) electrons. The molecular formula is C12H18N2O2. The molecule has 0 saturated heterocycles. The third-order valence-corrected chi connectivity index (χ3v) is 2.39. The predicted octanol–water partition coefficient (Wildman–Crippen LogP) is 2.61. The van der Waals surface area contributed by atoms with E-state index in [2.05, 4.69) is 17.2 Å². The van der Waals surface area contributed by atoms with Gasteiger partial charge in [-0.15, -0.1) is 0 Å². The number of nitrogens with one attached hydrogen (secondary N) is 1. The van der Waals surface area contributed by atoms with Crippen molar-refractivity contribution in [3.05, 3.63) is 23.0 Å². The van der Waals surface area contributed by atoms with Crippen molar-refractivity contribution in [2.75, 3.05) is 11.9 Å². The van der Waals surface area contributed by atoms with Crippen LogP contribution in [0.1, 0.15) is 41.5 Å². The Kier molecular flexibility index (Phi) is 4.28. The standard InChI is InChI=1S/C12H18N2O2/c1-4-5-6-13-10-7-8(2)14-9(3)11(10)12(15)16/h7H,4-6H2,1-3H3,(H,13,14)(H,15,16). The fourth-order valence-electron chi connectivity index (χ4n) is 1.64. The highest BCUT2D eigenvalue weighted by molar-refractivity contribution is 5.95. The molecule has 16 heavy (non-hydrogen) atoms. The molecule has 0 fully saturated rings. The van der Waals surface area contributed by atoms with Gasteiger partial charge in [0, 0.05) is 12.2 Å². The van der Waals surface area contributed by atoms with Gasteiger partial charge in [-0.3, -0.25) is 4.98 Å². The summed E-state index contributed by atoms with van der Waals surface area (Å²) in [7, 11) is 0. The van der Waals surface area contributed by atoms with Gasteiger partial charge in [0.1, 0.15) is 5.56 Å². The number of rotatable bonds is 5. The third-order valence-electron chi connectivity index (χ3n) is 2.39. The quantitative estimate of drug-likeness (QED) is 0.752. The van der Waals surface area contributed by atoms with E-state index in [0.717, 1.165) is 25.1 Å². The number of hydrogen-bond donors (Lipinski definition) is 2. The molecular weight excluding hydrogens is 204 g/mol. The smallest absolute Gasteiger partial charge is 0.339 e. The van der Waals surface area contributed by atoms with Gasteiger partial charge in [-0.1, -0.05) is 13.3 Å². The zero-order valence-corrected chi connectivity index (χ0v) is 10.0. The summed E-state index contributed by atoms with van der Waals surface area (Å²) in [5.41, 5.74) is 2.35. The first-order valence-electron chi connectivity index (χ1n) is 5.51. The van der Waals surface area contributed by atoms with Gasteiger partial charge >= 0.3 is 5.97 Å². The van der Waals surface area contributed by atoms with Gasteiger partial charge in [0.25, 0.3) is 0 Å². The maximum atomic E-state index is 11.1. The third kappa shape index (κ3) is 2.95. The molecule has 0 unspecified atom stereocenters. The number of pyridine rings is 1. The first-order valence-corrected chi connectivity index (χ1v) is 5.51. The summed E-state index contributed by atoms with van der Waals surface area (Å²) in [6, 6.07) is 1.78. The summed E-state index contributed by atoms with van der Waals surface area (Å²) >= 11 is 0. The van der Waals surface area contributed by atoms with Crippen molar-refractivity contribution in [1.29, 1.82) is 0 Å². The first-order chi connectivity index (χ1) is 7.56. The van der Waals surface area contributed by atoms with Crippen molar-refractivity contribution < 1.29 is 9.90 Å². The Labute approximate surface area is 95.7 Å². The largest absolute Gasteiger partial charge is 0.478 e. The SMILES string of the molecule is CCCCNc1cc(C)nc(C)c1C(=O)O. The number of carbonyl (C=O) groups is 1. The minimum Gasteiger partial charge on any atom is -0.478 e. The number of unbranched alkanes of at least 4 members (excludes halogenated alkanes) is 1. The lowest BCUT2D eigenvalue weighted by molar-refractivity contribution is 0.0696. The van der Waals surface area contributed by atoms with Crippen LogP contribution in [0.2, 0.25) is 0 Å². The fourth-order valence-corrected chi connectivity index (χ4v) is 1.64. The highest BCUT2D eigenvalue weighted by Crippen LogP contribution is 2.19. The molecule has 1 rings (SSSR count). The summed E-state index contributed by atoms with van der Waals surface area (Å²) in [5.74, 6) is -0.927. The monoisotopic (exact) mass is 222 g/mol. The van der Waals surface area contributed by atoms with E-state index in [1.165, 1.54) is 0 Å². The molecule has 0 aliphatic rings. The Balaban J connectivity index is 2.99. The fraction of sp³-hybridized carbons (Fsp3) is 0.500. The molecule has 0 spiro atoms. The lowest BCUT2D eigenvalue weighted by atomic mass is 10.1. The van der Waals surface area contributed by atoms with Crippen LogP contribution in [0.25, 0.3) is 0 Å².